The Morgan fingerprint density at radius 1 is 0.923 bits per heavy atom. The Hall–Kier alpha value is -2.29. The lowest BCUT2D eigenvalue weighted by Crippen LogP contribution is -1.96. The minimum atomic E-state index is 0.707. The second-order valence-corrected chi connectivity index (χ2v) is 7.42. The highest BCUT2D eigenvalue weighted by Crippen LogP contribution is 2.25. The predicted molar refractivity (Wildman–Crippen MR) is 115 cm³/mol. The fraction of sp³-hybridized carbons (Fsp3) is 0.0870. The third kappa shape index (κ3) is 5.10. The van der Waals surface area contributed by atoms with E-state index in [1.807, 2.05) is 60.7 Å². The van der Waals surface area contributed by atoms with Gasteiger partial charge in [-0.25, -0.2) is 4.99 Å². The molecule has 0 atom stereocenters. The summed E-state index contributed by atoms with van der Waals surface area (Å²) < 4.78 is 0. The summed E-state index contributed by atoms with van der Waals surface area (Å²) >= 11 is 7.87. The van der Waals surface area contributed by atoms with Gasteiger partial charge in [0, 0.05) is 15.5 Å². The molecule has 3 rings (SSSR count). The van der Waals surface area contributed by atoms with Gasteiger partial charge in [0.05, 0.1) is 11.4 Å². The van der Waals surface area contributed by atoms with Crippen LogP contribution in [0.15, 0.2) is 94.2 Å². The number of hydrogen-bond acceptors (Lipinski definition) is 2. The number of thioether (sulfide) groups is 1. The third-order valence-electron chi connectivity index (χ3n) is 3.88. The van der Waals surface area contributed by atoms with Crippen molar-refractivity contribution < 1.29 is 0 Å². The van der Waals surface area contributed by atoms with Gasteiger partial charge < -0.3 is 0 Å². The van der Waals surface area contributed by atoms with E-state index in [0.29, 0.717) is 5.02 Å². The zero-order valence-corrected chi connectivity index (χ0v) is 16.4. The first-order chi connectivity index (χ1) is 12.6. The Balaban J connectivity index is 1.89. The van der Waals surface area contributed by atoms with E-state index in [-0.39, 0.29) is 0 Å². The SMILES string of the molecule is Cc1ccc(SC=CC(=Nc2ccccc2)c2cccc(Cl)c2)c(C)c1. The highest BCUT2D eigenvalue weighted by Gasteiger charge is 2.03. The summed E-state index contributed by atoms with van der Waals surface area (Å²) in [6.07, 6.45) is 2.04. The Morgan fingerprint density at radius 2 is 1.73 bits per heavy atom. The van der Waals surface area contributed by atoms with Gasteiger partial charge in [-0.15, -0.1) is 0 Å². The second kappa shape index (κ2) is 8.88. The molecule has 3 heteroatoms. The van der Waals surface area contributed by atoms with Crippen LogP contribution in [0.4, 0.5) is 5.69 Å². The van der Waals surface area contributed by atoms with Crippen LogP contribution in [-0.2, 0) is 0 Å². The Labute approximate surface area is 164 Å². The van der Waals surface area contributed by atoms with E-state index >= 15 is 0 Å². The first kappa shape index (κ1) is 18.5. The zero-order valence-electron chi connectivity index (χ0n) is 14.8. The maximum atomic E-state index is 6.17. The second-order valence-electron chi connectivity index (χ2n) is 6.03. The molecule has 0 amide bonds. The molecule has 1 nitrogen and oxygen atoms in total. The molecule has 0 heterocycles. The number of benzene rings is 3. The Kier molecular flexibility index (Phi) is 6.32. The first-order valence-corrected chi connectivity index (χ1v) is 9.68. The molecule has 0 spiro atoms. The topological polar surface area (TPSA) is 12.4 Å². The van der Waals surface area contributed by atoms with Gasteiger partial charge in [-0.05, 0) is 61.2 Å². The van der Waals surface area contributed by atoms with Gasteiger partial charge in [0.2, 0.25) is 0 Å². The molecule has 0 radical (unpaired) electrons. The van der Waals surface area contributed by atoms with Crippen LogP contribution in [0.1, 0.15) is 16.7 Å². The number of nitrogens with zero attached hydrogens (tertiary/aromatic N) is 1. The van der Waals surface area contributed by atoms with Crippen molar-refractivity contribution >= 4 is 34.8 Å². The summed E-state index contributed by atoms with van der Waals surface area (Å²) in [7, 11) is 0. The molecule has 3 aromatic carbocycles. The van der Waals surface area contributed by atoms with E-state index in [1.54, 1.807) is 11.8 Å². The van der Waals surface area contributed by atoms with Gasteiger partial charge in [-0.3, -0.25) is 0 Å². The van der Waals surface area contributed by atoms with Crippen LogP contribution in [0, 0.1) is 13.8 Å². The predicted octanol–water partition coefficient (Wildman–Crippen LogP) is 7.38. The number of aryl methyl sites for hydroxylation is 2. The van der Waals surface area contributed by atoms with E-state index in [2.05, 4.69) is 37.5 Å². The molecule has 0 unspecified atom stereocenters. The van der Waals surface area contributed by atoms with Crippen molar-refractivity contribution in [3.05, 3.63) is 106 Å². The number of para-hydroxylation sites is 1. The van der Waals surface area contributed by atoms with Gasteiger partial charge in [0.1, 0.15) is 0 Å². The first-order valence-electron chi connectivity index (χ1n) is 8.42. The molecule has 0 saturated heterocycles. The van der Waals surface area contributed by atoms with Crippen LogP contribution >= 0.6 is 23.4 Å². The number of halogens is 1. The number of aliphatic imine (C=N–C) groups is 1. The summed E-state index contributed by atoms with van der Waals surface area (Å²) in [5, 5.41) is 2.79. The van der Waals surface area contributed by atoms with Crippen LogP contribution < -0.4 is 0 Å². The fourth-order valence-electron chi connectivity index (χ4n) is 2.59. The maximum absolute atomic E-state index is 6.17. The van der Waals surface area contributed by atoms with E-state index < -0.39 is 0 Å². The standard InChI is InChI=1S/C23H20ClNS/c1-17-11-12-23(18(2)15-17)26-14-13-22(19-7-6-8-20(24)16-19)25-21-9-4-3-5-10-21/h3-16H,1-2H3. The molecular weight excluding hydrogens is 358 g/mol. The van der Waals surface area contributed by atoms with Gasteiger partial charge in [-0.2, -0.15) is 0 Å². The van der Waals surface area contributed by atoms with Gasteiger partial charge in [0.15, 0.2) is 0 Å². The summed E-state index contributed by atoms with van der Waals surface area (Å²) in [6, 6.07) is 24.2. The lowest BCUT2D eigenvalue weighted by Gasteiger charge is -2.05. The molecule has 0 N–H and O–H groups in total. The van der Waals surface area contributed by atoms with Crippen molar-refractivity contribution in [3.8, 4) is 0 Å². The summed E-state index contributed by atoms with van der Waals surface area (Å²) in [5.41, 5.74) is 5.36. The fourth-order valence-corrected chi connectivity index (χ4v) is 3.52. The molecule has 0 aliphatic carbocycles. The van der Waals surface area contributed by atoms with Gasteiger partial charge >= 0.3 is 0 Å². The van der Waals surface area contributed by atoms with E-state index in [0.717, 1.165) is 17.0 Å². The van der Waals surface area contributed by atoms with Crippen LogP contribution in [0.5, 0.6) is 0 Å². The monoisotopic (exact) mass is 377 g/mol. The Morgan fingerprint density at radius 3 is 2.46 bits per heavy atom. The minimum Gasteiger partial charge on any atom is -0.248 e. The van der Waals surface area contributed by atoms with Crippen LogP contribution in [0.2, 0.25) is 5.02 Å². The van der Waals surface area contributed by atoms with Crippen molar-refractivity contribution in [1.29, 1.82) is 0 Å². The molecule has 130 valence electrons. The van der Waals surface area contributed by atoms with Crippen molar-refractivity contribution in [2.75, 3.05) is 0 Å². The van der Waals surface area contributed by atoms with E-state index in [1.165, 1.54) is 16.0 Å². The van der Waals surface area contributed by atoms with E-state index in [9.17, 15) is 0 Å². The molecule has 26 heavy (non-hydrogen) atoms. The molecule has 0 aromatic heterocycles. The van der Waals surface area contributed by atoms with Gasteiger partial charge in [0.25, 0.3) is 0 Å². The van der Waals surface area contributed by atoms with E-state index in [4.69, 9.17) is 16.6 Å². The van der Waals surface area contributed by atoms with Crippen molar-refractivity contribution in [2.24, 2.45) is 4.99 Å². The van der Waals surface area contributed by atoms with Crippen molar-refractivity contribution in [3.63, 3.8) is 0 Å². The molecular formula is C23H20ClNS. The average molecular weight is 378 g/mol. The Bertz CT molecular complexity index is 945. The van der Waals surface area contributed by atoms with Crippen LogP contribution in [0.25, 0.3) is 0 Å². The molecule has 0 aliphatic heterocycles. The van der Waals surface area contributed by atoms with Crippen LogP contribution in [0.3, 0.4) is 0 Å². The van der Waals surface area contributed by atoms with Crippen molar-refractivity contribution in [2.45, 2.75) is 18.7 Å². The maximum Gasteiger partial charge on any atom is 0.0715 e. The van der Waals surface area contributed by atoms with Crippen molar-refractivity contribution in [1.82, 2.24) is 0 Å². The highest BCUT2D eigenvalue weighted by molar-refractivity contribution is 8.02. The smallest absolute Gasteiger partial charge is 0.0715 e. The normalized spacial score (nSPS) is 11.9. The lowest BCUT2D eigenvalue weighted by atomic mass is 10.1. The van der Waals surface area contributed by atoms with Gasteiger partial charge in [-0.1, -0.05) is 71.4 Å². The lowest BCUT2D eigenvalue weighted by molar-refractivity contribution is 1.27. The molecule has 0 aliphatic rings. The molecule has 0 saturated carbocycles. The number of allylic oxidation sites excluding steroid dienone is 1. The quantitative estimate of drug-likeness (QED) is 0.333. The average Bonchev–Trinajstić information content (AvgIpc) is 2.63. The number of hydrogen-bond donors (Lipinski definition) is 0. The summed E-state index contributed by atoms with van der Waals surface area (Å²) in [6.45, 7) is 4.25. The highest BCUT2D eigenvalue weighted by atomic mass is 35.5. The molecule has 0 bridgehead atoms. The number of rotatable bonds is 5. The third-order valence-corrected chi connectivity index (χ3v) is 5.10. The summed E-state index contributed by atoms with van der Waals surface area (Å²) in [5.74, 6) is 0. The zero-order chi connectivity index (χ0) is 18.4. The summed E-state index contributed by atoms with van der Waals surface area (Å²) in [4.78, 5) is 6.04. The molecule has 3 aromatic rings. The molecule has 0 fully saturated rings. The van der Waals surface area contributed by atoms with Crippen LogP contribution in [-0.4, -0.2) is 5.71 Å². The largest absolute Gasteiger partial charge is 0.248 e. The minimum absolute atomic E-state index is 0.707.